The number of nitrogens with one attached hydrogen (secondary N) is 1. The van der Waals surface area contributed by atoms with E-state index in [1.165, 1.54) is 7.11 Å². The summed E-state index contributed by atoms with van der Waals surface area (Å²) in [5, 5.41) is 3.58. The molecule has 1 heterocycles. The van der Waals surface area contributed by atoms with Gasteiger partial charge in [0.15, 0.2) is 0 Å². The van der Waals surface area contributed by atoms with Crippen LogP contribution >= 0.6 is 11.6 Å². The molecule has 142 valence electrons. The minimum Gasteiger partial charge on any atom is -0.496 e. The molecule has 1 aliphatic rings. The number of amides is 2. The van der Waals surface area contributed by atoms with Gasteiger partial charge in [-0.1, -0.05) is 41.9 Å². The van der Waals surface area contributed by atoms with Gasteiger partial charge in [0.25, 0.3) is 5.91 Å². The molecular formula is C21H23ClN2O3. The van der Waals surface area contributed by atoms with E-state index < -0.39 is 0 Å². The monoisotopic (exact) mass is 386 g/mol. The van der Waals surface area contributed by atoms with Crippen LogP contribution in [0.1, 0.15) is 28.8 Å². The lowest BCUT2D eigenvalue weighted by Crippen LogP contribution is -2.47. The summed E-state index contributed by atoms with van der Waals surface area (Å²) in [6, 6.07) is 14.8. The minimum atomic E-state index is -0.0941. The first-order valence-corrected chi connectivity index (χ1v) is 9.40. The normalized spacial score (nSPS) is 14.7. The highest BCUT2D eigenvalue weighted by Crippen LogP contribution is 2.25. The van der Waals surface area contributed by atoms with E-state index in [0.717, 1.165) is 18.4 Å². The standard InChI is InChI=1S/C21H23ClN2O3/c1-27-19-8-7-16(22)14-18(19)21(26)24-11-9-17(10-12-24)23-20(25)13-15-5-3-2-4-6-15/h2-8,14,17H,9-13H2,1H3,(H,23,25). The average Bonchev–Trinajstić information content (AvgIpc) is 2.68. The highest BCUT2D eigenvalue weighted by Gasteiger charge is 2.26. The van der Waals surface area contributed by atoms with Crippen LogP contribution in [0.4, 0.5) is 0 Å². The van der Waals surface area contributed by atoms with Crippen molar-refractivity contribution < 1.29 is 14.3 Å². The van der Waals surface area contributed by atoms with Crippen molar-refractivity contribution >= 4 is 23.4 Å². The second kappa shape index (κ2) is 8.91. The van der Waals surface area contributed by atoms with Crippen LogP contribution in [0.25, 0.3) is 0 Å². The van der Waals surface area contributed by atoms with Crippen molar-refractivity contribution in [3.05, 3.63) is 64.7 Å². The molecule has 3 rings (SSSR count). The molecular weight excluding hydrogens is 364 g/mol. The number of rotatable bonds is 5. The quantitative estimate of drug-likeness (QED) is 0.857. The molecule has 27 heavy (non-hydrogen) atoms. The number of nitrogens with zero attached hydrogens (tertiary/aromatic N) is 1. The summed E-state index contributed by atoms with van der Waals surface area (Å²) in [6.45, 7) is 1.18. The number of carbonyl (C=O) groups excluding carboxylic acids is 2. The number of hydrogen-bond donors (Lipinski definition) is 1. The maximum atomic E-state index is 12.8. The SMILES string of the molecule is COc1ccc(Cl)cc1C(=O)N1CCC(NC(=O)Cc2ccccc2)CC1. The molecule has 0 aliphatic carbocycles. The Hall–Kier alpha value is -2.53. The maximum Gasteiger partial charge on any atom is 0.257 e. The molecule has 2 aromatic rings. The summed E-state index contributed by atoms with van der Waals surface area (Å²) >= 11 is 6.03. The van der Waals surface area contributed by atoms with Gasteiger partial charge in [-0.3, -0.25) is 9.59 Å². The van der Waals surface area contributed by atoms with Crippen molar-refractivity contribution in [2.75, 3.05) is 20.2 Å². The Morgan fingerprint density at radius 1 is 1.15 bits per heavy atom. The zero-order valence-electron chi connectivity index (χ0n) is 15.3. The summed E-state index contributed by atoms with van der Waals surface area (Å²) in [5.41, 5.74) is 1.47. The van der Waals surface area contributed by atoms with Gasteiger partial charge in [0.2, 0.25) is 5.91 Å². The van der Waals surface area contributed by atoms with E-state index in [-0.39, 0.29) is 17.9 Å². The molecule has 1 fully saturated rings. The van der Waals surface area contributed by atoms with Crippen LogP contribution < -0.4 is 10.1 Å². The second-order valence-corrected chi connectivity index (χ2v) is 7.08. The van der Waals surface area contributed by atoms with E-state index in [2.05, 4.69) is 5.32 Å². The summed E-state index contributed by atoms with van der Waals surface area (Å²) in [7, 11) is 1.54. The number of piperidine rings is 1. The Bertz CT molecular complexity index is 802. The number of halogens is 1. The van der Waals surface area contributed by atoms with Gasteiger partial charge in [0.1, 0.15) is 5.75 Å². The topological polar surface area (TPSA) is 58.6 Å². The Morgan fingerprint density at radius 3 is 2.52 bits per heavy atom. The number of methoxy groups -OCH3 is 1. The van der Waals surface area contributed by atoms with Crippen LogP contribution in [0, 0.1) is 0 Å². The molecule has 0 unspecified atom stereocenters. The van der Waals surface area contributed by atoms with E-state index in [0.29, 0.717) is 35.8 Å². The summed E-state index contributed by atoms with van der Waals surface area (Å²) in [5.74, 6) is 0.439. The number of hydrogen-bond acceptors (Lipinski definition) is 3. The number of likely N-dealkylation sites (tertiary alicyclic amines) is 1. The molecule has 0 saturated carbocycles. The fraction of sp³-hybridized carbons (Fsp3) is 0.333. The Labute approximate surface area is 164 Å². The van der Waals surface area contributed by atoms with Crippen molar-refractivity contribution in [3.8, 4) is 5.75 Å². The number of carbonyl (C=O) groups is 2. The van der Waals surface area contributed by atoms with Gasteiger partial charge in [-0.2, -0.15) is 0 Å². The van der Waals surface area contributed by atoms with Gasteiger partial charge in [-0.05, 0) is 36.6 Å². The minimum absolute atomic E-state index is 0.0162. The molecule has 0 aromatic heterocycles. The summed E-state index contributed by atoms with van der Waals surface area (Å²) in [6.07, 6.45) is 1.84. The van der Waals surface area contributed by atoms with Gasteiger partial charge < -0.3 is 15.0 Å². The molecule has 2 aromatic carbocycles. The zero-order valence-corrected chi connectivity index (χ0v) is 16.0. The predicted octanol–water partition coefficient (Wildman–Crippen LogP) is 3.31. The lowest BCUT2D eigenvalue weighted by Gasteiger charge is -2.32. The zero-order chi connectivity index (χ0) is 19.2. The highest BCUT2D eigenvalue weighted by atomic mass is 35.5. The van der Waals surface area contributed by atoms with Gasteiger partial charge in [0.05, 0.1) is 19.1 Å². The fourth-order valence-electron chi connectivity index (χ4n) is 3.30. The third-order valence-electron chi connectivity index (χ3n) is 4.75. The van der Waals surface area contributed by atoms with Crippen molar-refractivity contribution in [2.45, 2.75) is 25.3 Å². The largest absolute Gasteiger partial charge is 0.496 e. The van der Waals surface area contributed by atoms with Gasteiger partial charge in [-0.15, -0.1) is 0 Å². The molecule has 1 saturated heterocycles. The van der Waals surface area contributed by atoms with E-state index in [1.807, 2.05) is 30.3 Å². The van der Waals surface area contributed by atoms with Crippen molar-refractivity contribution in [1.29, 1.82) is 0 Å². The molecule has 6 heteroatoms. The van der Waals surface area contributed by atoms with E-state index in [4.69, 9.17) is 16.3 Å². The van der Waals surface area contributed by atoms with E-state index in [9.17, 15) is 9.59 Å². The number of ether oxygens (including phenoxy) is 1. The lowest BCUT2D eigenvalue weighted by molar-refractivity contribution is -0.121. The first-order valence-electron chi connectivity index (χ1n) is 9.03. The van der Waals surface area contributed by atoms with Gasteiger partial charge in [-0.25, -0.2) is 0 Å². The van der Waals surface area contributed by atoms with Crippen LogP contribution in [0.15, 0.2) is 48.5 Å². The highest BCUT2D eigenvalue weighted by molar-refractivity contribution is 6.31. The van der Waals surface area contributed by atoms with E-state index in [1.54, 1.807) is 23.1 Å². The average molecular weight is 387 g/mol. The van der Waals surface area contributed by atoms with Crippen LogP contribution in [-0.4, -0.2) is 43.0 Å². The van der Waals surface area contributed by atoms with Crippen LogP contribution in [0.2, 0.25) is 5.02 Å². The lowest BCUT2D eigenvalue weighted by atomic mass is 10.0. The van der Waals surface area contributed by atoms with Crippen LogP contribution in [0.3, 0.4) is 0 Å². The van der Waals surface area contributed by atoms with Gasteiger partial charge in [0, 0.05) is 24.2 Å². The summed E-state index contributed by atoms with van der Waals surface area (Å²) < 4.78 is 5.28. The van der Waals surface area contributed by atoms with Crippen molar-refractivity contribution in [3.63, 3.8) is 0 Å². The fourth-order valence-corrected chi connectivity index (χ4v) is 3.48. The predicted molar refractivity (Wildman–Crippen MR) is 105 cm³/mol. The molecule has 0 atom stereocenters. The maximum absolute atomic E-state index is 12.8. The van der Waals surface area contributed by atoms with Crippen LogP contribution in [0.5, 0.6) is 5.75 Å². The molecule has 0 radical (unpaired) electrons. The van der Waals surface area contributed by atoms with Gasteiger partial charge >= 0.3 is 0 Å². The summed E-state index contributed by atoms with van der Waals surface area (Å²) in [4.78, 5) is 26.8. The third-order valence-corrected chi connectivity index (χ3v) is 4.98. The smallest absolute Gasteiger partial charge is 0.257 e. The van der Waals surface area contributed by atoms with Crippen molar-refractivity contribution in [1.82, 2.24) is 10.2 Å². The number of benzene rings is 2. The molecule has 0 spiro atoms. The van der Waals surface area contributed by atoms with Crippen LogP contribution in [-0.2, 0) is 11.2 Å². The van der Waals surface area contributed by atoms with E-state index >= 15 is 0 Å². The molecule has 5 nitrogen and oxygen atoms in total. The molecule has 1 N–H and O–H groups in total. The molecule has 0 bridgehead atoms. The second-order valence-electron chi connectivity index (χ2n) is 6.64. The first-order chi connectivity index (χ1) is 13.1. The third kappa shape index (κ3) is 5.01. The Balaban J connectivity index is 1.53. The molecule has 2 amide bonds. The first kappa shape index (κ1) is 19.2. The Morgan fingerprint density at radius 2 is 1.85 bits per heavy atom. The Kier molecular flexibility index (Phi) is 6.35. The molecule has 1 aliphatic heterocycles. The van der Waals surface area contributed by atoms with Crippen molar-refractivity contribution in [2.24, 2.45) is 0 Å².